The maximum absolute atomic E-state index is 12.1. The first kappa shape index (κ1) is 14.6. The summed E-state index contributed by atoms with van der Waals surface area (Å²) in [6.45, 7) is 0.00514. The van der Waals surface area contributed by atoms with Crippen LogP contribution in [0.2, 0.25) is 0 Å². The number of rotatable bonds is 5. The van der Waals surface area contributed by atoms with Crippen molar-refractivity contribution in [2.75, 3.05) is 11.9 Å². The van der Waals surface area contributed by atoms with Crippen LogP contribution >= 0.6 is 15.9 Å². The van der Waals surface area contributed by atoms with E-state index in [1.54, 1.807) is 0 Å². The third kappa shape index (κ3) is 5.26. The van der Waals surface area contributed by atoms with E-state index in [1.807, 2.05) is 0 Å². The van der Waals surface area contributed by atoms with Gasteiger partial charge in [0.2, 0.25) is 0 Å². The summed E-state index contributed by atoms with van der Waals surface area (Å²) >= 11 is 3.03. The van der Waals surface area contributed by atoms with Gasteiger partial charge in [-0.3, -0.25) is 4.79 Å². The number of alkyl halides is 3. The number of carboxylic acid groups (broad SMARTS) is 1. The molecule has 18 heavy (non-hydrogen) atoms. The Morgan fingerprint density at radius 2 is 2.11 bits per heavy atom. The maximum Gasteiger partial charge on any atom is 0.573 e. The zero-order valence-electron chi connectivity index (χ0n) is 8.92. The predicted molar refractivity (Wildman–Crippen MR) is 61.6 cm³/mol. The third-order valence-corrected chi connectivity index (χ3v) is 2.32. The van der Waals surface area contributed by atoms with Gasteiger partial charge >= 0.3 is 12.3 Å². The average Bonchev–Trinajstić information content (AvgIpc) is 2.18. The molecule has 0 amide bonds. The Hall–Kier alpha value is -1.44. The van der Waals surface area contributed by atoms with Crippen molar-refractivity contribution in [2.24, 2.45) is 0 Å². The summed E-state index contributed by atoms with van der Waals surface area (Å²) in [6.07, 6.45) is -5.01. The molecule has 0 unspecified atom stereocenters. The molecule has 4 nitrogen and oxygen atoms in total. The summed E-state index contributed by atoms with van der Waals surface area (Å²) in [6, 6.07) is 4.04. The molecule has 0 heterocycles. The number of hydrogen-bond donors (Lipinski definition) is 2. The molecule has 0 atom stereocenters. The van der Waals surface area contributed by atoms with Crippen LogP contribution in [0.1, 0.15) is 6.42 Å². The van der Waals surface area contributed by atoms with Gasteiger partial charge in [0.05, 0.1) is 12.1 Å². The van der Waals surface area contributed by atoms with Gasteiger partial charge in [-0.05, 0) is 18.2 Å². The number of carbonyl (C=O) groups is 1. The minimum Gasteiger partial charge on any atom is -0.481 e. The second-order valence-corrected chi connectivity index (χ2v) is 4.17. The fourth-order valence-electron chi connectivity index (χ4n) is 1.16. The van der Waals surface area contributed by atoms with Gasteiger partial charge in [-0.15, -0.1) is 13.2 Å². The van der Waals surface area contributed by atoms with Crippen molar-refractivity contribution in [3.05, 3.63) is 22.7 Å². The normalized spacial score (nSPS) is 11.1. The monoisotopic (exact) mass is 327 g/mol. The minimum atomic E-state index is -4.80. The number of nitrogens with one attached hydrogen (secondary N) is 1. The fourth-order valence-corrected chi connectivity index (χ4v) is 1.50. The van der Waals surface area contributed by atoms with Crippen LogP contribution in [0, 0.1) is 0 Å². The molecular weight excluding hydrogens is 319 g/mol. The summed E-state index contributed by atoms with van der Waals surface area (Å²) in [5.41, 5.74) is 0.0803. The van der Waals surface area contributed by atoms with E-state index < -0.39 is 18.1 Å². The second-order valence-electron chi connectivity index (χ2n) is 3.26. The number of benzene rings is 1. The number of halogens is 4. The highest BCUT2D eigenvalue weighted by atomic mass is 79.9. The SMILES string of the molecule is O=C(O)CCNc1ccc(Br)cc1OC(F)(F)F. The smallest absolute Gasteiger partial charge is 0.481 e. The van der Waals surface area contributed by atoms with Gasteiger partial charge in [0, 0.05) is 11.0 Å². The molecule has 100 valence electrons. The summed E-state index contributed by atoms with van der Waals surface area (Å²) in [4.78, 5) is 10.3. The van der Waals surface area contributed by atoms with Gasteiger partial charge in [0.25, 0.3) is 0 Å². The van der Waals surface area contributed by atoms with E-state index in [9.17, 15) is 18.0 Å². The molecular formula is C10H9BrF3NO3. The van der Waals surface area contributed by atoms with Crippen molar-refractivity contribution in [1.82, 2.24) is 0 Å². The van der Waals surface area contributed by atoms with E-state index in [1.165, 1.54) is 12.1 Å². The lowest BCUT2D eigenvalue weighted by atomic mass is 10.3. The molecule has 0 aliphatic heterocycles. The molecule has 0 aromatic heterocycles. The molecule has 0 aliphatic rings. The van der Waals surface area contributed by atoms with Gasteiger partial charge in [-0.25, -0.2) is 0 Å². The number of hydrogen-bond acceptors (Lipinski definition) is 3. The zero-order valence-corrected chi connectivity index (χ0v) is 10.5. The zero-order chi connectivity index (χ0) is 13.8. The van der Waals surface area contributed by atoms with Gasteiger partial charge < -0.3 is 15.2 Å². The quantitative estimate of drug-likeness (QED) is 0.871. The molecule has 2 N–H and O–H groups in total. The van der Waals surface area contributed by atoms with E-state index >= 15 is 0 Å². The van der Waals surface area contributed by atoms with Crippen LogP contribution in [0.3, 0.4) is 0 Å². The molecule has 0 fully saturated rings. The lowest BCUT2D eigenvalue weighted by Crippen LogP contribution is -2.18. The number of aliphatic carboxylic acids is 1. The van der Waals surface area contributed by atoms with Gasteiger partial charge in [-0.2, -0.15) is 0 Å². The Bertz CT molecular complexity index is 437. The Kier molecular flexibility index (Phi) is 4.83. The Labute approximate surface area is 109 Å². The van der Waals surface area contributed by atoms with Crippen molar-refractivity contribution < 1.29 is 27.8 Å². The molecule has 0 spiro atoms. The lowest BCUT2D eigenvalue weighted by molar-refractivity contribution is -0.274. The second kappa shape index (κ2) is 5.94. The molecule has 8 heteroatoms. The standard InChI is InChI=1S/C10H9BrF3NO3/c11-6-1-2-7(15-4-3-9(16)17)8(5-6)18-10(12,13)14/h1-2,5,15H,3-4H2,(H,16,17). The maximum atomic E-state index is 12.1. The van der Waals surface area contributed by atoms with Gasteiger partial charge in [0.15, 0.2) is 5.75 Å². The first-order valence-electron chi connectivity index (χ1n) is 4.79. The summed E-state index contributed by atoms with van der Waals surface area (Å²) in [5.74, 6) is -1.46. The number of anilines is 1. The van der Waals surface area contributed by atoms with Crippen LogP contribution in [-0.2, 0) is 4.79 Å². The highest BCUT2D eigenvalue weighted by molar-refractivity contribution is 9.10. The van der Waals surface area contributed by atoms with Crippen LogP contribution < -0.4 is 10.1 Å². The van der Waals surface area contributed by atoms with Gasteiger partial charge in [-0.1, -0.05) is 15.9 Å². The van der Waals surface area contributed by atoms with Crippen molar-refractivity contribution >= 4 is 27.6 Å². The van der Waals surface area contributed by atoms with Crippen LogP contribution in [0.5, 0.6) is 5.75 Å². The highest BCUT2D eigenvalue weighted by Gasteiger charge is 2.32. The van der Waals surface area contributed by atoms with Gasteiger partial charge in [0.1, 0.15) is 0 Å². The van der Waals surface area contributed by atoms with E-state index in [2.05, 4.69) is 26.0 Å². The number of ether oxygens (including phenoxy) is 1. The molecule has 1 aromatic carbocycles. The molecule has 0 radical (unpaired) electrons. The van der Waals surface area contributed by atoms with Crippen LogP contribution in [0.15, 0.2) is 22.7 Å². The topological polar surface area (TPSA) is 58.6 Å². The summed E-state index contributed by atoms with van der Waals surface area (Å²) < 4.78 is 40.7. The average molecular weight is 328 g/mol. The highest BCUT2D eigenvalue weighted by Crippen LogP contribution is 2.32. The molecule has 0 saturated heterocycles. The minimum absolute atomic E-state index is 0.00514. The molecule has 1 aromatic rings. The largest absolute Gasteiger partial charge is 0.573 e. The van der Waals surface area contributed by atoms with Crippen LogP contribution in [0.4, 0.5) is 18.9 Å². The lowest BCUT2D eigenvalue weighted by Gasteiger charge is -2.14. The van der Waals surface area contributed by atoms with Crippen molar-refractivity contribution in [3.63, 3.8) is 0 Å². The Morgan fingerprint density at radius 1 is 1.44 bits per heavy atom. The Balaban J connectivity index is 2.79. The van der Waals surface area contributed by atoms with E-state index in [4.69, 9.17) is 5.11 Å². The molecule has 0 aliphatic carbocycles. The predicted octanol–water partition coefficient (Wildman–Crippen LogP) is 3.23. The van der Waals surface area contributed by atoms with Crippen molar-refractivity contribution in [1.29, 1.82) is 0 Å². The van der Waals surface area contributed by atoms with Crippen molar-refractivity contribution in [3.8, 4) is 5.75 Å². The number of carboxylic acids is 1. The molecule has 0 bridgehead atoms. The third-order valence-electron chi connectivity index (χ3n) is 1.82. The first-order valence-corrected chi connectivity index (χ1v) is 5.58. The molecule has 0 saturated carbocycles. The van der Waals surface area contributed by atoms with Crippen LogP contribution in [-0.4, -0.2) is 24.0 Å². The molecule has 1 rings (SSSR count). The van der Waals surface area contributed by atoms with E-state index in [0.29, 0.717) is 4.47 Å². The van der Waals surface area contributed by atoms with Crippen molar-refractivity contribution in [2.45, 2.75) is 12.8 Å². The summed E-state index contributed by atoms with van der Waals surface area (Å²) in [7, 11) is 0. The van der Waals surface area contributed by atoms with E-state index in [-0.39, 0.29) is 18.7 Å². The Morgan fingerprint density at radius 3 is 2.67 bits per heavy atom. The van der Waals surface area contributed by atoms with E-state index in [0.717, 1.165) is 6.07 Å². The first-order chi connectivity index (χ1) is 8.28. The van der Waals surface area contributed by atoms with Crippen LogP contribution in [0.25, 0.3) is 0 Å². The summed E-state index contributed by atoms with van der Waals surface area (Å²) in [5, 5.41) is 11.0. The fraction of sp³-hybridized carbons (Fsp3) is 0.300.